The fourth-order valence-corrected chi connectivity index (χ4v) is 0.880. The third kappa shape index (κ3) is 3.08. The van der Waals surface area contributed by atoms with E-state index in [1.165, 1.54) is 19.9 Å². The highest BCUT2D eigenvalue weighted by Gasteiger charge is 2.24. The minimum absolute atomic E-state index is 0.0209. The summed E-state index contributed by atoms with van der Waals surface area (Å²) in [6.07, 6.45) is 1.28. The average molecular weight is 183 g/mol. The molecule has 0 bridgehead atoms. The first-order valence-corrected chi connectivity index (χ1v) is 3.39. The molecule has 0 aromatic heterocycles. The highest BCUT2D eigenvalue weighted by molar-refractivity contribution is 6.56. The molecule has 0 radical (unpaired) electrons. The van der Waals surface area contributed by atoms with Crippen LogP contribution in [0.1, 0.15) is 13.8 Å². The van der Waals surface area contributed by atoms with E-state index in [2.05, 4.69) is 0 Å². The molecule has 0 aliphatic rings. The maximum Gasteiger partial charge on any atom is 0.313 e. The zero-order chi connectivity index (χ0) is 8.36. The van der Waals surface area contributed by atoms with Crippen LogP contribution in [-0.4, -0.2) is 11.1 Å². The molecule has 0 heterocycles. The van der Waals surface area contributed by atoms with Crippen LogP contribution in [0.3, 0.4) is 0 Å². The van der Waals surface area contributed by atoms with Crippen molar-refractivity contribution in [3.05, 3.63) is 10.6 Å². The Hall–Kier alpha value is -0.210. The predicted molar refractivity (Wildman–Crippen MR) is 41.2 cm³/mol. The first kappa shape index (κ1) is 9.79. The van der Waals surface area contributed by atoms with E-state index in [9.17, 15) is 4.79 Å². The van der Waals surface area contributed by atoms with Gasteiger partial charge in [0.25, 0.3) is 0 Å². The number of carboxylic acids is 1. The number of aliphatic carboxylic acids is 1. The molecular formula is C6H8Cl2O2. The van der Waals surface area contributed by atoms with Gasteiger partial charge in [0.1, 0.15) is 4.49 Å². The van der Waals surface area contributed by atoms with Gasteiger partial charge in [-0.05, 0) is 19.9 Å². The van der Waals surface area contributed by atoms with Gasteiger partial charge in [-0.15, -0.1) is 0 Å². The van der Waals surface area contributed by atoms with Crippen molar-refractivity contribution in [1.82, 2.24) is 0 Å². The lowest BCUT2D eigenvalue weighted by molar-refractivity contribution is -0.144. The summed E-state index contributed by atoms with van der Waals surface area (Å²) in [6.45, 7) is 3.03. The molecule has 0 atom stereocenters. The van der Waals surface area contributed by atoms with Gasteiger partial charge in [-0.3, -0.25) is 4.79 Å². The second-order valence-electron chi connectivity index (χ2n) is 2.46. The third-order valence-electron chi connectivity index (χ3n) is 1.02. The van der Waals surface area contributed by atoms with Crippen molar-refractivity contribution < 1.29 is 9.90 Å². The van der Waals surface area contributed by atoms with Gasteiger partial charge >= 0.3 is 5.97 Å². The van der Waals surface area contributed by atoms with Gasteiger partial charge in [-0.1, -0.05) is 23.2 Å². The largest absolute Gasteiger partial charge is 0.481 e. The highest BCUT2D eigenvalue weighted by Crippen LogP contribution is 2.22. The number of carboxylic acid groups (broad SMARTS) is 1. The zero-order valence-corrected chi connectivity index (χ0v) is 7.20. The van der Waals surface area contributed by atoms with Gasteiger partial charge < -0.3 is 5.11 Å². The average Bonchev–Trinajstić information content (AvgIpc) is 1.60. The van der Waals surface area contributed by atoms with Crippen LogP contribution < -0.4 is 0 Å². The van der Waals surface area contributed by atoms with E-state index in [4.69, 9.17) is 28.3 Å². The maximum absolute atomic E-state index is 10.4. The molecule has 0 aliphatic carbocycles. The fourth-order valence-electron chi connectivity index (χ4n) is 0.335. The van der Waals surface area contributed by atoms with Crippen LogP contribution in [0.25, 0.3) is 0 Å². The van der Waals surface area contributed by atoms with Gasteiger partial charge in [0.2, 0.25) is 0 Å². The van der Waals surface area contributed by atoms with E-state index in [-0.39, 0.29) is 4.49 Å². The van der Waals surface area contributed by atoms with E-state index < -0.39 is 11.4 Å². The second-order valence-corrected chi connectivity index (χ2v) is 3.47. The highest BCUT2D eigenvalue weighted by atomic mass is 35.5. The predicted octanol–water partition coefficient (Wildman–Crippen LogP) is 2.42. The monoisotopic (exact) mass is 182 g/mol. The second kappa shape index (κ2) is 3.26. The van der Waals surface area contributed by atoms with Gasteiger partial charge in [0, 0.05) is 0 Å². The minimum Gasteiger partial charge on any atom is -0.481 e. The first-order valence-electron chi connectivity index (χ1n) is 2.63. The molecule has 0 spiro atoms. The molecule has 0 aromatic rings. The Bertz CT molecular complexity index is 169. The molecular weight excluding hydrogens is 175 g/mol. The molecule has 0 rings (SSSR count). The quantitative estimate of drug-likeness (QED) is 0.713. The van der Waals surface area contributed by atoms with Crippen LogP contribution >= 0.6 is 23.2 Å². The first-order chi connectivity index (χ1) is 4.36. The van der Waals surface area contributed by atoms with Crippen LogP contribution in [0.15, 0.2) is 10.6 Å². The standard InChI is InChI=1S/C6H8Cl2O2/c1-6(2,5(9)10)3-4(7)8/h3H,1-2H3,(H,9,10). The minimum atomic E-state index is -0.987. The molecule has 0 fully saturated rings. The third-order valence-corrected chi connectivity index (χ3v) is 1.24. The number of halogens is 2. The summed E-state index contributed by atoms with van der Waals surface area (Å²) in [5.41, 5.74) is -0.987. The van der Waals surface area contributed by atoms with Crippen molar-refractivity contribution in [2.75, 3.05) is 0 Å². The summed E-state index contributed by atoms with van der Waals surface area (Å²) in [6, 6.07) is 0. The number of hydrogen-bond donors (Lipinski definition) is 1. The Morgan fingerprint density at radius 2 is 1.90 bits per heavy atom. The number of hydrogen-bond acceptors (Lipinski definition) is 1. The Kier molecular flexibility index (Phi) is 3.19. The Morgan fingerprint density at radius 3 is 2.00 bits per heavy atom. The lowest BCUT2D eigenvalue weighted by Gasteiger charge is -2.12. The van der Waals surface area contributed by atoms with E-state index in [1.54, 1.807) is 0 Å². The van der Waals surface area contributed by atoms with E-state index >= 15 is 0 Å². The summed E-state index contributed by atoms with van der Waals surface area (Å²) < 4.78 is -0.0209. The molecule has 0 saturated carbocycles. The van der Waals surface area contributed by atoms with Gasteiger partial charge in [-0.2, -0.15) is 0 Å². The molecule has 0 aromatic carbocycles. The molecule has 58 valence electrons. The van der Waals surface area contributed by atoms with Crippen LogP contribution in [0, 0.1) is 5.41 Å². The van der Waals surface area contributed by atoms with E-state index in [1.807, 2.05) is 0 Å². The van der Waals surface area contributed by atoms with E-state index in [0.29, 0.717) is 0 Å². The summed E-state index contributed by atoms with van der Waals surface area (Å²) in [5.74, 6) is -0.952. The molecule has 2 nitrogen and oxygen atoms in total. The Labute approximate surface area is 69.4 Å². The molecule has 0 amide bonds. The fraction of sp³-hybridized carbons (Fsp3) is 0.500. The summed E-state index contributed by atoms with van der Waals surface area (Å²) in [4.78, 5) is 10.4. The normalized spacial score (nSPS) is 10.8. The Morgan fingerprint density at radius 1 is 1.50 bits per heavy atom. The van der Waals surface area contributed by atoms with Crippen LogP contribution in [0.2, 0.25) is 0 Å². The van der Waals surface area contributed by atoms with Gasteiger partial charge in [0.05, 0.1) is 5.41 Å². The molecule has 0 aliphatic heterocycles. The number of carbonyl (C=O) groups is 1. The van der Waals surface area contributed by atoms with Crippen molar-refractivity contribution in [1.29, 1.82) is 0 Å². The molecule has 4 heteroatoms. The van der Waals surface area contributed by atoms with Crippen molar-refractivity contribution in [3.63, 3.8) is 0 Å². The molecule has 0 saturated heterocycles. The van der Waals surface area contributed by atoms with Crippen LogP contribution in [-0.2, 0) is 4.79 Å². The summed E-state index contributed by atoms with van der Waals surface area (Å²) in [5, 5.41) is 8.53. The smallest absolute Gasteiger partial charge is 0.313 e. The maximum atomic E-state index is 10.4. The zero-order valence-electron chi connectivity index (χ0n) is 5.69. The number of rotatable bonds is 2. The SMILES string of the molecule is CC(C)(C=C(Cl)Cl)C(=O)O. The summed E-state index contributed by atoms with van der Waals surface area (Å²) in [7, 11) is 0. The lowest BCUT2D eigenvalue weighted by atomic mass is 9.94. The molecule has 1 N–H and O–H groups in total. The molecule has 0 unspecified atom stereocenters. The summed E-state index contributed by atoms with van der Waals surface area (Å²) >= 11 is 10.5. The van der Waals surface area contributed by atoms with Crippen molar-refractivity contribution in [2.24, 2.45) is 5.41 Å². The van der Waals surface area contributed by atoms with Crippen LogP contribution in [0.4, 0.5) is 0 Å². The van der Waals surface area contributed by atoms with Crippen molar-refractivity contribution in [2.45, 2.75) is 13.8 Å². The Balaban J connectivity index is 4.42. The van der Waals surface area contributed by atoms with Crippen molar-refractivity contribution >= 4 is 29.2 Å². The lowest BCUT2D eigenvalue weighted by Crippen LogP contribution is -2.20. The van der Waals surface area contributed by atoms with Crippen molar-refractivity contribution in [3.8, 4) is 0 Å². The van der Waals surface area contributed by atoms with E-state index in [0.717, 1.165) is 0 Å². The topological polar surface area (TPSA) is 37.3 Å². The van der Waals surface area contributed by atoms with Gasteiger partial charge in [0.15, 0.2) is 0 Å². The van der Waals surface area contributed by atoms with Gasteiger partial charge in [-0.25, -0.2) is 0 Å². The van der Waals surface area contributed by atoms with Crippen LogP contribution in [0.5, 0.6) is 0 Å². The molecule has 10 heavy (non-hydrogen) atoms.